The number of furan rings is 1. The molecule has 4 rings (SSSR count). The van der Waals surface area contributed by atoms with Crippen molar-refractivity contribution in [2.75, 3.05) is 7.11 Å². The Bertz CT molecular complexity index is 1080. The normalized spacial score (nSPS) is 18.4. The Balaban J connectivity index is 1.83. The highest BCUT2D eigenvalue weighted by Gasteiger charge is 2.47. The number of aliphatic hydroxyl groups is 1. The van der Waals surface area contributed by atoms with Crippen LogP contribution in [0.4, 0.5) is 0 Å². The summed E-state index contributed by atoms with van der Waals surface area (Å²) >= 11 is 1.50. The maximum absolute atomic E-state index is 12.9. The van der Waals surface area contributed by atoms with Crippen LogP contribution in [0.5, 0.6) is 5.75 Å². The number of hydrogen-bond donors (Lipinski definition) is 1. The van der Waals surface area contributed by atoms with Gasteiger partial charge >= 0.3 is 0 Å². The number of amides is 1. The van der Waals surface area contributed by atoms with Crippen molar-refractivity contribution in [1.29, 1.82) is 0 Å². The number of thiophene rings is 1. The summed E-state index contributed by atoms with van der Waals surface area (Å²) in [4.78, 5) is 28.1. The van der Waals surface area contributed by atoms with Crippen LogP contribution in [-0.2, 0) is 16.1 Å². The molecule has 0 radical (unpaired) electrons. The second kappa shape index (κ2) is 7.60. The van der Waals surface area contributed by atoms with E-state index in [1.807, 2.05) is 17.5 Å². The number of aliphatic hydroxyl groups excluding tert-OH is 1. The summed E-state index contributed by atoms with van der Waals surface area (Å²) in [7, 11) is 1.55. The average molecular weight is 409 g/mol. The van der Waals surface area contributed by atoms with Gasteiger partial charge in [-0.2, -0.15) is 0 Å². The van der Waals surface area contributed by atoms with E-state index < -0.39 is 17.7 Å². The summed E-state index contributed by atoms with van der Waals surface area (Å²) in [5, 5.41) is 12.9. The van der Waals surface area contributed by atoms with Crippen LogP contribution in [0.15, 0.2) is 63.9 Å². The Morgan fingerprint density at radius 1 is 1.17 bits per heavy atom. The molecule has 1 amide bonds. The topological polar surface area (TPSA) is 80.0 Å². The fourth-order valence-corrected chi connectivity index (χ4v) is 4.12. The van der Waals surface area contributed by atoms with E-state index in [9.17, 15) is 14.7 Å². The summed E-state index contributed by atoms with van der Waals surface area (Å²) < 4.78 is 10.9. The molecule has 6 nitrogen and oxygen atoms in total. The van der Waals surface area contributed by atoms with Crippen molar-refractivity contribution in [2.45, 2.75) is 19.5 Å². The van der Waals surface area contributed by atoms with Crippen molar-refractivity contribution < 1.29 is 23.8 Å². The van der Waals surface area contributed by atoms with E-state index in [0.717, 1.165) is 4.88 Å². The second-order valence-electron chi connectivity index (χ2n) is 6.68. The van der Waals surface area contributed by atoms with Gasteiger partial charge in [0.15, 0.2) is 0 Å². The van der Waals surface area contributed by atoms with Crippen molar-refractivity contribution in [3.05, 3.63) is 81.4 Å². The van der Waals surface area contributed by atoms with Crippen LogP contribution in [0.2, 0.25) is 0 Å². The molecular formula is C22H19NO5S. The third-order valence-electron chi connectivity index (χ3n) is 4.84. The third-order valence-corrected chi connectivity index (χ3v) is 5.70. The lowest BCUT2D eigenvalue weighted by molar-refractivity contribution is -0.140. The lowest BCUT2D eigenvalue weighted by Crippen LogP contribution is -2.28. The highest BCUT2D eigenvalue weighted by atomic mass is 32.1. The van der Waals surface area contributed by atoms with Gasteiger partial charge < -0.3 is 19.2 Å². The number of carbonyl (C=O) groups excluding carboxylic acids is 2. The van der Waals surface area contributed by atoms with E-state index in [2.05, 4.69) is 0 Å². The Morgan fingerprint density at radius 2 is 1.93 bits per heavy atom. The maximum Gasteiger partial charge on any atom is 0.296 e. The molecule has 3 aromatic rings. The van der Waals surface area contributed by atoms with Crippen molar-refractivity contribution in [1.82, 2.24) is 4.90 Å². The quantitative estimate of drug-likeness (QED) is 0.387. The number of ketones is 1. The highest BCUT2D eigenvalue weighted by Crippen LogP contribution is 2.41. The zero-order valence-corrected chi connectivity index (χ0v) is 16.7. The highest BCUT2D eigenvalue weighted by molar-refractivity contribution is 7.09. The third kappa shape index (κ3) is 3.45. The first-order valence-corrected chi connectivity index (χ1v) is 9.89. The van der Waals surface area contributed by atoms with Crippen molar-refractivity contribution >= 4 is 28.8 Å². The van der Waals surface area contributed by atoms with Crippen molar-refractivity contribution in [3.8, 4) is 5.75 Å². The standard InChI is InChI=1S/C22H19NO5S/c1-13-5-10-17(28-13)19-18(20(24)14-6-8-15(27-2)9-7-14)21(25)22(26)23(19)12-16-4-3-11-29-16/h3-11,19,24H,12H2,1-2H3/b20-18-. The molecule has 2 aromatic heterocycles. The molecule has 1 fully saturated rings. The average Bonchev–Trinajstić information content (AvgIpc) is 3.45. The number of hydrogen-bond acceptors (Lipinski definition) is 6. The van der Waals surface area contributed by atoms with Gasteiger partial charge in [0.2, 0.25) is 0 Å². The van der Waals surface area contributed by atoms with Crippen LogP contribution in [-0.4, -0.2) is 28.8 Å². The Hall–Kier alpha value is -3.32. The van der Waals surface area contributed by atoms with Gasteiger partial charge in [-0.15, -0.1) is 11.3 Å². The summed E-state index contributed by atoms with van der Waals surface area (Å²) in [5.41, 5.74) is 0.444. The predicted octanol–water partition coefficient (Wildman–Crippen LogP) is 4.28. The van der Waals surface area contributed by atoms with E-state index in [-0.39, 0.29) is 17.9 Å². The molecule has 0 aliphatic carbocycles. The molecule has 0 bridgehead atoms. The molecule has 148 valence electrons. The van der Waals surface area contributed by atoms with Crippen LogP contribution in [0.25, 0.3) is 5.76 Å². The lowest BCUT2D eigenvalue weighted by atomic mass is 9.99. The van der Waals surface area contributed by atoms with E-state index in [4.69, 9.17) is 9.15 Å². The van der Waals surface area contributed by atoms with E-state index in [1.54, 1.807) is 50.4 Å². The lowest BCUT2D eigenvalue weighted by Gasteiger charge is -2.22. The molecule has 1 atom stereocenters. The van der Waals surface area contributed by atoms with Gasteiger partial charge in [-0.3, -0.25) is 9.59 Å². The fourth-order valence-electron chi connectivity index (χ4n) is 3.41. The number of aryl methyl sites for hydroxylation is 1. The fraction of sp³-hybridized carbons (Fsp3) is 0.182. The minimum absolute atomic E-state index is 0.0195. The summed E-state index contributed by atoms with van der Waals surface area (Å²) in [6.07, 6.45) is 0. The maximum atomic E-state index is 12.9. The van der Waals surface area contributed by atoms with E-state index >= 15 is 0 Å². The number of rotatable bonds is 5. The molecular weight excluding hydrogens is 390 g/mol. The van der Waals surface area contributed by atoms with Crippen molar-refractivity contribution in [2.24, 2.45) is 0 Å². The van der Waals surface area contributed by atoms with Gasteiger partial charge in [0.1, 0.15) is 29.1 Å². The van der Waals surface area contributed by atoms with Gasteiger partial charge in [-0.05, 0) is 54.8 Å². The van der Waals surface area contributed by atoms with Gasteiger partial charge in [0.05, 0.1) is 19.2 Å². The molecule has 1 aliphatic rings. The Labute approximate surface area is 171 Å². The molecule has 29 heavy (non-hydrogen) atoms. The zero-order valence-electron chi connectivity index (χ0n) is 15.9. The zero-order chi connectivity index (χ0) is 20.5. The van der Waals surface area contributed by atoms with Gasteiger partial charge in [0.25, 0.3) is 11.7 Å². The van der Waals surface area contributed by atoms with Crippen molar-refractivity contribution in [3.63, 3.8) is 0 Å². The first-order chi connectivity index (χ1) is 14.0. The van der Waals surface area contributed by atoms with Gasteiger partial charge in [-0.25, -0.2) is 0 Å². The Morgan fingerprint density at radius 3 is 2.52 bits per heavy atom. The molecule has 1 unspecified atom stereocenters. The number of Topliss-reactive ketones (excluding diaryl/α,β-unsaturated/α-hetero) is 1. The molecule has 1 N–H and O–H groups in total. The predicted molar refractivity (Wildman–Crippen MR) is 109 cm³/mol. The summed E-state index contributed by atoms with van der Waals surface area (Å²) in [6, 6.07) is 13.1. The second-order valence-corrected chi connectivity index (χ2v) is 7.72. The van der Waals surface area contributed by atoms with Crippen LogP contribution < -0.4 is 4.74 Å². The smallest absolute Gasteiger partial charge is 0.296 e. The molecule has 1 saturated heterocycles. The molecule has 0 saturated carbocycles. The molecule has 1 aromatic carbocycles. The Kier molecular flexibility index (Phi) is 4.98. The van der Waals surface area contributed by atoms with Crippen LogP contribution >= 0.6 is 11.3 Å². The monoisotopic (exact) mass is 409 g/mol. The minimum atomic E-state index is -0.798. The van der Waals surface area contributed by atoms with E-state index in [1.165, 1.54) is 16.2 Å². The van der Waals surface area contributed by atoms with Gasteiger partial charge in [0, 0.05) is 10.4 Å². The number of ether oxygens (including phenoxy) is 1. The van der Waals surface area contributed by atoms with Gasteiger partial charge in [-0.1, -0.05) is 6.07 Å². The van der Waals surface area contributed by atoms with Crippen LogP contribution in [0.3, 0.4) is 0 Å². The number of nitrogens with zero attached hydrogens (tertiary/aromatic N) is 1. The summed E-state index contributed by atoms with van der Waals surface area (Å²) in [5.74, 6) is 0.0950. The number of methoxy groups -OCH3 is 1. The molecule has 1 aliphatic heterocycles. The van der Waals surface area contributed by atoms with Crippen LogP contribution in [0.1, 0.15) is 28.0 Å². The van der Waals surface area contributed by atoms with E-state index in [0.29, 0.717) is 22.8 Å². The number of likely N-dealkylation sites (tertiary alicyclic amines) is 1. The SMILES string of the molecule is COc1ccc(/C(O)=C2/C(=O)C(=O)N(Cc3cccs3)C2c2ccc(C)o2)cc1. The number of carbonyl (C=O) groups is 2. The molecule has 0 spiro atoms. The molecule has 3 heterocycles. The largest absolute Gasteiger partial charge is 0.507 e. The van der Waals surface area contributed by atoms with Crippen LogP contribution in [0, 0.1) is 6.92 Å². The number of benzene rings is 1. The minimum Gasteiger partial charge on any atom is -0.507 e. The first kappa shape index (κ1) is 19.0. The first-order valence-electron chi connectivity index (χ1n) is 9.01. The molecule has 7 heteroatoms. The summed E-state index contributed by atoms with van der Waals surface area (Å²) in [6.45, 7) is 2.05.